The summed E-state index contributed by atoms with van der Waals surface area (Å²) in [5, 5.41) is 3.99. The monoisotopic (exact) mass is 252 g/mol. The van der Waals surface area contributed by atoms with Gasteiger partial charge in [-0.1, -0.05) is 0 Å². The molecule has 8 heteroatoms. The Bertz CT molecular complexity index is 512. The van der Waals surface area contributed by atoms with Crippen LogP contribution in [0.1, 0.15) is 12.8 Å². The predicted molar refractivity (Wildman–Crippen MR) is 58.0 cm³/mol. The summed E-state index contributed by atoms with van der Waals surface area (Å²) in [5.74, 6) is 0.925. The minimum atomic E-state index is 0.0799. The molecule has 88 valence electrons. The first-order valence-corrected chi connectivity index (χ1v) is 5.58. The van der Waals surface area contributed by atoms with Crippen molar-refractivity contribution in [2.24, 2.45) is 5.92 Å². The maximum atomic E-state index is 5.79. The Hall–Kier alpha value is -1.76. The average Bonchev–Trinajstić information content (AvgIpc) is 2.98. The molecule has 0 unspecified atom stereocenters. The summed E-state index contributed by atoms with van der Waals surface area (Å²) < 4.78 is 6.84. The molecule has 2 heterocycles. The molecule has 0 N–H and O–H groups in total. The summed E-state index contributed by atoms with van der Waals surface area (Å²) in [7, 11) is 0. The van der Waals surface area contributed by atoms with Gasteiger partial charge in [0.05, 0.1) is 6.61 Å². The van der Waals surface area contributed by atoms with Crippen molar-refractivity contribution in [3.8, 4) is 12.0 Å². The fourth-order valence-electron chi connectivity index (χ4n) is 1.28. The van der Waals surface area contributed by atoms with Gasteiger partial charge in [-0.3, -0.25) is 0 Å². The lowest BCUT2D eigenvalue weighted by atomic mass is 10.5. The van der Waals surface area contributed by atoms with Crippen molar-refractivity contribution in [1.29, 1.82) is 0 Å². The van der Waals surface area contributed by atoms with Crippen molar-refractivity contribution < 1.29 is 4.74 Å². The number of halogens is 1. The highest BCUT2D eigenvalue weighted by Gasteiger charge is 2.22. The molecule has 1 aliphatic carbocycles. The van der Waals surface area contributed by atoms with E-state index < -0.39 is 0 Å². The van der Waals surface area contributed by atoms with E-state index in [9.17, 15) is 0 Å². The van der Waals surface area contributed by atoms with E-state index in [2.05, 4.69) is 25.0 Å². The number of nitrogens with zero attached hydrogens (tertiary/aromatic N) is 6. The van der Waals surface area contributed by atoms with Crippen LogP contribution in [0.4, 0.5) is 0 Å². The molecule has 0 radical (unpaired) electrons. The van der Waals surface area contributed by atoms with Crippen LogP contribution in [0.2, 0.25) is 5.28 Å². The summed E-state index contributed by atoms with van der Waals surface area (Å²) in [6, 6.07) is 0.224. The van der Waals surface area contributed by atoms with Gasteiger partial charge in [0.1, 0.15) is 12.7 Å². The van der Waals surface area contributed by atoms with Crippen LogP contribution < -0.4 is 4.74 Å². The van der Waals surface area contributed by atoms with E-state index in [4.69, 9.17) is 16.3 Å². The van der Waals surface area contributed by atoms with Crippen molar-refractivity contribution in [2.45, 2.75) is 12.8 Å². The zero-order chi connectivity index (χ0) is 11.7. The standard InChI is InChI=1S/C9H9ClN6O/c10-7-13-8(16-5-11-4-12-16)15-9(14-7)17-3-6-1-2-6/h4-6H,1-3H2. The van der Waals surface area contributed by atoms with Crippen molar-refractivity contribution in [3.63, 3.8) is 0 Å². The highest BCUT2D eigenvalue weighted by molar-refractivity contribution is 6.28. The van der Waals surface area contributed by atoms with Crippen molar-refractivity contribution in [2.75, 3.05) is 6.61 Å². The first-order valence-electron chi connectivity index (χ1n) is 5.20. The molecule has 2 aromatic rings. The number of hydrogen-bond acceptors (Lipinski definition) is 6. The van der Waals surface area contributed by atoms with E-state index in [1.165, 1.54) is 30.2 Å². The number of rotatable bonds is 4. The van der Waals surface area contributed by atoms with E-state index in [0.29, 0.717) is 18.5 Å². The van der Waals surface area contributed by atoms with Gasteiger partial charge in [-0.05, 0) is 30.4 Å². The second kappa shape index (κ2) is 4.25. The Labute approximate surface area is 102 Å². The van der Waals surface area contributed by atoms with Gasteiger partial charge in [0.2, 0.25) is 5.28 Å². The molecule has 0 bridgehead atoms. The first-order chi connectivity index (χ1) is 8.31. The van der Waals surface area contributed by atoms with Gasteiger partial charge in [0, 0.05) is 0 Å². The van der Waals surface area contributed by atoms with E-state index >= 15 is 0 Å². The molecule has 0 aliphatic heterocycles. The van der Waals surface area contributed by atoms with Crippen LogP contribution in [-0.4, -0.2) is 36.3 Å². The summed E-state index contributed by atoms with van der Waals surface area (Å²) >= 11 is 5.79. The molecule has 3 rings (SSSR count). The lowest BCUT2D eigenvalue weighted by molar-refractivity contribution is 0.275. The fraction of sp³-hybridized carbons (Fsp3) is 0.444. The molecule has 1 saturated carbocycles. The van der Waals surface area contributed by atoms with E-state index in [1.54, 1.807) is 0 Å². The first kappa shape index (κ1) is 10.4. The second-order valence-corrected chi connectivity index (χ2v) is 4.12. The zero-order valence-corrected chi connectivity index (χ0v) is 9.58. The number of aromatic nitrogens is 6. The highest BCUT2D eigenvalue weighted by atomic mass is 35.5. The van der Waals surface area contributed by atoms with Crippen LogP contribution >= 0.6 is 11.6 Å². The van der Waals surface area contributed by atoms with Crippen molar-refractivity contribution in [3.05, 3.63) is 17.9 Å². The van der Waals surface area contributed by atoms with Crippen LogP contribution in [0.3, 0.4) is 0 Å². The minimum Gasteiger partial charge on any atom is -0.463 e. The number of ether oxygens (including phenoxy) is 1. The largest absolute Gasteiger partial charge is 0.463 e. The van der Waals surface area contributed by atoms with Crippen molar-refractivity contribution >= 4 is 11.6 Å². The number of hydrogen-bond donors (Lipinski definition) is 0. The van der Waals surface area contributed by atoms with Gasteiger partial charge in [0.25, 0.3) is 5.95 Å². The Morgan fingerprint density at radius 1 is 1.35 bits per heavy atom. The highest BCUT2D eigenvalue weighted by Crippen LogP contribution is 2.29. The normalized spacial score (nSPS) is 14.9. The third-order valence-electron chi connectivity index (χ3n) is 2.34. The maximum Gasteiger partial charge on any atom is 0.322 e. The predicted octanol–water partition coefficient (Wildman–Crippen LogP) is 0.894. The van der Waals surface area contributed by atoms with E-state index in [0.717, 1.165) is 0 Å². The topological polar surface area (TPSA) is 78.6 Å². The lowest BCUT2D eigenvalue weighted by Crippen LogP contribution is -2.08. The summed E-state index contributed by atoms with van der Waals surface area (Å²) in [6.07, 6.45) is 5.28. The Morgan fingerprint density at radius 3 is 2.94 bits per heavy atom. The SMILES string of the molecule is Clc1nc(OCC2CC2)nc(-n2cncn2)n1. The Balaban J connectivity index is 1.83. The molecule has 2 aromatic heterocycles. The molecular formula is C9H9ClN6O. The van der Waals surface area contributed by atoms with Gasteiger partial charge in [0.15, 0.2) is 0 Å². The van der Waals surface area contributed by atoms with E-state index in [1.807, 2.05) is 0 Å². The molecule has 1 aliphatic rings. The van der Waals surface area contributed by atoms with Crippen LogP contribution in [0.5, 0.6) is 6.01 Å². The third-order valence-corrected chi connectivity index (χ3v) is 2.51. The van der Waals surface area contributed by atoms with Crippen LogP contribution in [-0.2, 0) is 0 Å². The van der Waals surface area contributed by atoms with Crippen LogP contribution in [0.25, 0.3) is 5.95 Å². The molecular weight excluding hydrogens is 244 g/mol. The Morgan fingerprint density at radius 2 is 2.24 bits per heavy atom. The fourth-order valence-corrected chi connectivity index (χ4v) is 1.43. The second-order valence-electron chi connectivity index (χ2n) is 3.78. The molecule has 1 fully saturated rings. The summed E-state index contributed by atoms with van der Waals surface area (Å²) in [5.41, 5.74) is 0. The molecule has 7 nitrogen and oxygen atoms in total. The van der Waals surface area contributed by atoms with Crippen molar-refractivity contribution in [1.82, 2.24) is 29.7 Å². The minimum absolute atomic E-state index is 0.0799. The summed E-state index contributed by atoms with van der Waals surface area (Å²) in [4.78, 5) is 15.8. The molecule has 0 amide bonds. The van der Waals surface area contributed by atoms with Gasteiger partial charge >= 0.3 is 6.01 Å². The third kappa shape index (κ3) is 2.50. The molecule has 0 atom stereocenters. The molecule has 17 heavy (non-hydrogen) atoms. The molecule has 0 spiro atoms. The maximum absolute atomic E-state index is 5.79. The van der Waals surface area contributed by atoms with Crippen LogP contribution in [0.15, 0.2) is 12.7 Å². The van der Waals surface area contributed by atoms with Crippen LogP contribution in [0, 0.1) is 5.92 Å². The molecule has 0 saturated heterocycles. The van der Waals surface area contributed by atoms with Gasteiger partial charge in [-0.2, -0.15) is 24.7 Å². The van der Waals surface area contributed by atoms with Gasteiger partial charge < -0.3 is 4.74 Å². The van der Waals surface area contributed by atoms with Gasteiger partial charge in [-0.15, -0.1) is 0 Å². The Kier molecular flexibility index (Phi) is 2.60. The summed E-state index contributed by atoms with van der Waals surface area (Å²) in [6.45, 7) is 0.622. The molecule has 0 aromatic carbocycles. The quantitative estimate of drug-likeness (QED) is 0.804. The van der Waals surface area contributed by atoms with Gasteiger partial charge in [-0.25, -0.2) is 4.98 Å². The average molecular weight is 253 g/mol. The zero-order valence-electron chi connectivity index (χ0n) is 8.82. The smallest absolute Gasteiger partial charge is 0.322 e. The lowest BCUT2D eigenvalue weighted by Gasteiger charge is -2.04. The van der Waals surface area contributed by atoms with E-state index in [-0.39, 0.29) is 11.3 Å².